The molecule has 4 rings (SSSR count). The Kier molecular flexibility index (Phi) is 4.58. The maximum Gasteiger partial charge on any atom is 0.262 e. The SMILES string of the molecule is Cc1ccn2cc(-c3ccc(C)c(NS(=O)(=O)c4ccc(F)c(F)c4)c3)nc2c1. The van der Waals surface area contributed by atoms with Crippen molar-refractivity contribution >= 4 is 21.4 Å². The fourth-order valence-corrected chi connectivity index (χ4v) is 4.09. The standard InChI is InChI=1S/C21H17F2N3O2S/c1-13-7-8-26-12-20(24-21(26)9-13)15-4-3-14(2)19(10-15)25-29(27,28)16-5-6-17(22)18(23)11-16/h3-12,25H,1-2H3. The van der Waals surface area contributed by atoms with E-state index in [2.05, 4.69) is 9.71 Å². The van der Waals surface area contributed by atoms with Crippen LogP contribution in [0.25, 0.3) is 16.9 Å². The first-order valence-corrected chi connectivity index (χ1v) is 10.3. The third-order valence-corrected chi connectivity index (χ3v) is 5.96. The van der Waals surface area contributed by atoms with E-state index < -0.39 is 21.7 Å². The van der Waals surface area contributed by atoms with E-state index in [1.807, 2.05) is 41.9 Å². The van der Waals surface area contributed by atoms with Gasteiger partial charge < -0.3 is 4.40 Å². The van der Waals surface area contributed by atoms with Gasteiger partial charge in [-0.05, 0) is 61.4 Å². The lowest BCUT2D eigenvalue weighted by Gasteiger charge is -2.12. The smallest absolute Gasteiger partial charge is 0.262 e. The molecule has 4 aromatic rings. The number of hydrogen-bond donors (Lipinski definition) is 1. The van der Waals surface area contributed by atoms with E-state index in [0.29, 0.717) is 23.0 Å². The number of aryl methyl sites for hydroxylation is 2. The van der Waals surface area contributed by atoms with E-state index in [0.717, 1.165) is 28.9 Å². The zero-order valence-electron chi connectivity index (χ0n) is 15.6. The molecule has 0 fully saturated rings. The number of halogens is 2. The highest BCUT2D eigenvalue weighted by molar-refractivity contribution is 7.92. The summed E-state index contributed by atoms with van der Waals surface area (Å²) in [6, 6.07) is 11.7. The Hall–Kier alpha value is -3.26. The first-order chi connectivity index (χ1) is 13.7. The van der Waals surface area contributed by atoms with Crippen LogP contribution in [0.1, 0.15) is 11.1 Å². The van der Waals surface area contributed by atoms with Crippen LogP contribution in [-0.2, 0) is 10.0 Å². The number of pyridine rings is 1. The van der Waals surface area contributed by atoms with Gasteiger partial charge in [-0.25, -0.2) is 22.2 Å². The van der Waals surface area contributed by atoms with Crippen molar-refractivity contribution in [2.24, 2.45) is 0 Å². The molecule has 0 aliphatic rings. The fraction of sp³-hybridized carbons (Fsp3) is 0.0952. The second-order valence-electron chi connectivity index (χ2n) is 6.81. The topological polar surface area (TPSA) is 63.5 Å². The number of anilines is 1. The molecule has 0 unspecified atom stereocenters. The highest BCUT2D eigenvalue weighted by atomic mass is 32.2. The third kappa shape index (κ3) is 3.71. The number of fused-ring (bicyclic) bond motifs is 1. The van der Waals surface area contributed by atoms with Crippen LogP contribution in [0.3, 0.4) is 0 Å². The minimum Gasteiger partial charge on any atom is -0.306 e. The van der Waals surface area contributed by atoms with Crippen molar-refractivity contribution < 1.29 is 17.2 Å². The van der Waals surface area contributed by atoms with E-state index in [9.17, 15) is 17.2 Å². The van der Waals surface area contributed by atoms with Crippen molar-refractivity contribution in [2.75, 3.05) is 4.72 Å². The third-order valence-electron chi connectivity index (χ3n) is 4.59. The van der Waals surface area contributed by atoms with Gasteiger partial charge in [-0.1, -0.05) is 12.1 Å². The molecular formula is C21H17F2N3O2S. The summed E-state index contributed by atoms with van der Waals surface area (Å²) >= 11 is 0. The van der Waals surface area contributed by atoms with Crippen LogP contribution in [0.4, 0.5) is 14.5 Å². The lowest BCUT2D eigenvalue weighted by atomic mass is 10.1. The number of imidazole rings is 1. The molecule has 2 heterocycles. The van der Waals surface area contributed by atoms with Gasteiger partial charge in [0.25, 0.3) is 10.0 Å². The van der Waals surface area contributed by atoms with E-state index in [-0.39, 0.29) is 4.90 Å². The second kappa shape index (κ2) is 6.97. The Balaban J connectivity index is 1.71. The number of hydrogen-bond acceptors (Lipinski definition) is 3. The Labute approximate surface area is 166 Å². The molecule has 5 nitrogen and oxygen atoms in total. The predicted octanol–water partition coefficient (Wildman–Crippen LogP) is 4.70. The molecule has 148 valence electrons. The van der Waals surface area contributed by atoms with Gasteiger partial charge in [0.2, 0.25) is 0 Å². The zero-order chi connectivity index (χ0) is 20.8. The molecule has 8 heteroatoms. The summed E-state index contributed by atoms with van der Waals surface area (Å²) in [6.07, 6.45) is 3.76. The van der Waals surface area contributed by atoms with Crippen molar-refractivity contribution in [3.8, 4) is 11.3 Å². The van der Waals surface area contributed by atoms with E-state index >= 15 is 0 Å². The Bertz CT molecular complexity index is 1350. The minimum atomic E-state index is -4.09. The van der Waals surface area contributed by atoms with Gasteiger partial charge >= 0.3 is 0 Å². The van der Waals surface area contributed by atoms with Crippen LogP contribution in [0.2, 0.25) is 0 Å². The number of nitrogens with zero attached hydrogens (tertiary/aromatic N) is 2. The van der Waals surface area contributed by atoms with Gasteiger partial charge in [-0.3, -0.25) is 4.72 Å². The van der Waals surface area contributed by atoms with Crippen LogP contribution in [-0.4, -0.2) is 17.8 Å². The summed E-state index contributed by atoms with van der Waals surface area (Å²) < 4.78 is 56.2. The monoisotopic (exact) mass is 413 g/mol. The fourth-order valence-electron chi connectivity index (χ4n) is 2.96. The molecular weight excluding hydrogens is 396 g/mol. The van der Waals surface area contributed by atoms with Gasteiger partial charge in [0.15, 0.2) is 11.6 Å². The molecule has 0 aliphatic heterocycles. The number of aromatic nitrogens is 2. The first-order valence-electron chi connectivity index (χ1n) is 8.77. The van der Waals surface area contributed by atoms with Gasteiger partial charge in [-0.15, -0.1) is 0 Å². The molecule has 0 amide bonds. The molecule has 2 aromatic carbocycles. The second-order valence-corrected chi connectivity index (χ2v) is 8.49. The van der Waals surface area contributed by atoms with Gasteiger partial charge in [0.05, 0.1) is 16.3 Å². The molecule has 0 atom stereocenters. The summed E-state index contributed by atoms with van der Waals surface area (Å²) in [4.78, 5) is 4.23. The number of sulfonamides is 1. The van der Waals surface area contributed by atoms with Crippen molar-refractivity contribution in [3.05, 3.63) is 83.7 Å². The lowest BCUT2D eigenvalue weighted by Crippen LogP contribution is -2.14. The summed E-state index contributed by atoms with van der Waals surface area (Å²) in [5, 5.41) is 0. The van der Waals surface area contributed by atoms with Crippen molar-refractivity contribution in [3.63, 3.8) is 0 Å². The summed E-state index contributed by atoms with van der Waals surface area (Å²) in [7, 11) is -4.09. The Morgan fingerprint density at radius 1 is 0.966 bits per heavy atom. The quantitative estimate of drug-likeness (QED) is 0.528. The molecule has 0 saturated carbocycles. The lowest BCUT2D eigenvalue weighted by molar-refractivity contribution is 0.504. The van der Waals surface area contributed by atoms with Crippen molar-refractivity contribution in [1.29, 1.82) is 0 Å². The van der Waals surface area contributed by atoms with Gasteiger partial charge in [0, 0.05) is 18.0 Å². The van der Waals surface area contributed by atoms with Crippen molar-refractivity contribution in [2.45, 2.75) is 18.7 Å². The van der Waals surface area contributed by atoms with E-state index in [1.54, 1.807) is 19.1 Å². The van der Waals surface area contributed by atoms with E-state index in [1.165, 1.54) is 0 Å². The average Bonchev–Trinajstić information content (AvgIpc) is 3.08. The number of nitrogens with one attached hydrogen (secondary N) is 1. The summed E-state index contributed by atoms with van der Waals surface area (Å²) in [5.41, 5.74) is 4.28. The van der Waals surface area contributed by atoms with Crippen molar-refractivity contribution in [1.82, 2.24) is 9.38 Å². The molecule has 0 radical (unpaired) electrons. The molecule has 0 aliphatic carbocycles. The minimum absolute atomic E-state index is 0.334. The van der Waals surface area contributed by atoms with Crippen LogP contribution >= 0.6 is 0 Å². The maximum atomic E-state index is 13.5. The largest absolute Gasteiger partial charge is 0.306 e. The van der Waals surface area contributed by atoms with Gasteiger partial charge in [0.1, 0.15) is 5.65 Å². The van der Waals surface area contributed by atoms with Crippen LogP contribution in [0.5, 0.6) is 0 Å². The summed E-state index contributed by atoms with van der Waals surface area (Å²) in [5.74, 6) is -2.33. The molecule has 0 spiro atoms. The maximum absolute atomic E-state index is 13.5. The predicted molar refractivity (Wildman–Crippen MR) is 107 cm³/mol. The Morgan fingerprint density at radius 3 is 2.52 bits per heavy atom. The number of rotatable bonds is 4. The zero-order valence-corrected chi connectivity index (χ0v) is 16.5. The van der Waals surface area contributed by atoms with Crippen LogP contribution < -0.4 is 4.72 Å². The van der Waals surface area contributed by atoms with Crippen LogP contribution in [0, 0.1) is 25.5 Å². The molecule has 29 heavy (non-hydrogen) atoms. The van der Waals surface area contributed by atoms with E-state index in [4.69, 9.17) is 0 Å². The highest BCUT2D eigenvalue weighted by Gasteiger charge is 2.18. The van der Waals surface area contributed by atoms with Crippen LogP contribution in [0.15, 0.2) is 65.8 Å². The first kappa shape index (κ1) is 19.1. The number of benzene rings is 2. The molecule has 0 saturated heterocycles. The molecule has 1 N–H and O–H groups in total. The highest BCUT2D eigenvalue weighted by Crippen LogP contribution is 2.27. The molecule has 2 aromatic heterocycles. The summed E-state index contributed by atoms with van der Waals surface area (Å²) in [6.45, 7) is 3.73. The average molecular weight is 413 g/mol. The Morgan fingerprint density at radius 2 is 1.76 bits per heavy atom. The molecule has 0 bridgehead atoms. The normalized spacial score (nSPS) is 11.7. The van der Waals surface area contributed by atoms with Gasteiger partial charge in [-0.2, -0.15) is 0 Å².